The highest BCUT2D eigenvalue weighted by Gasteiger charge is 2.35. The van der Waals surface area contributed by atoms with Crippen molar-refractivity contribution in [2.45, 2.75) is 6.92 Å². The van der Waals surface area contributed by atoms with E-state index in [0.717, 1.165) is 26.4 Å². The van der Waals surface area contributed by atoms with Gasteiger partial charge in [-0.15, -0.1) is 0 Å². The Hall–Kier alpha value is -2.03. The van der Waals surface area contributed by atoms with Crippen LogP contribution in [0.5, 0.6) is 5.75 Å². The van der Waals surface area contributed by atoms with Crippen molar-refractivity contribution in [3.63, 3.8) is 0 Å². The van der Waals surface area contributed by atoms with Crippen molar-refractivity contribution in [1.29, 1.82) is 0 Å². The van der Waals surface area contributed by atoms with Crippen LogP contribution in [0.15, 0.2) is 12.1 Å². The predicted octanol–water partition coefficient (Wildman–Crippen LogP) is 2.59. The van der Waals surface area contributed by atoms with Crippen molar-refractivity contribution >= 4 is 19.2 Å². The smallest absolute Gasteiger partial charge is 0.389 e. The zero-order valence-electron chi connectivity index (χ0n) is 10.8. The molecule has 0 spiro atoms. The maximum Gasteiger partial charge on any atom is 0.530 e. The lowest BCUT2D eigenvalue weighted by Gasteiger charge is -2.14. The van der Waals surface area contributed by atoms with Gasteiger partial charge < -0.3 is 4.52 Å². The number of nitro benzene ring substituents is 2. The molecule has 0 radical (unpaired) electrons. The number of phosphoric ester groups is 1. The van der Waals surface area contributed by atoms with E-state index in [2.05, 4.69) is 9.05 Å². The standard InChI is InChI=1S/C9H11N2O8P/c1-6-4-7(10(12)13)9(8(5-6)11(14)15)19-20(16,17-2)18-3/h4-5H,1-3H3. The lowest BCUT2D eigenvalue weighted by Crippen LogP contribution is -2.04. The van der Waals surface area contributed by atoms with Crippen molar-refractivity contribution in [3.05, 3.63) is 37.9 Å². The number of nitro groups is 2. The summed E-state index contributed by atoms with van der Waals surface area (Å²) in [4.78, 5) is 20.1. The van der Waals surface area contributed by atoms with Crippen molar-refractivity contribution in [2.75, 3.05) is 14.2 Å². The first-order valence-corrected chi connectivity index (χ1v) is 6.54. The Morgan fingerprint density at radius 2 is 1.45 bits per heavy atom. The summed E-state index contributed by atoms with van der Waals surface area (Å²) in [5, 5.41) is 21.9. The molecule has 0 heterocycles. The Morgan fingerprint density at radius 3 is 1.75 bits per heavy atom. The van der Waals surface area contributed by atoms with E-state index in [-0.39, 0.29) is 5.56 Å². The van der Waals surface area contributed by atoms with Gasteiger partial charge in [0.1, 0.15) is 0 Å². The number of benzene rings is 1. The summed E-state index contributed by atoms with van der Waals surface area (Å²) >= 11 is 0. The summed E-state index contributed by atoms with van der Waals surface area (Å²) in [6.07, 6.45) is 0. The van der Waals surface area contributed by atoms with Gasteiger partial charge in [0, 0.05) is 26.4 Å². The van der Waals surface area contributed by atoms with E-state index in [4.69, 9.17) is 4.52 Å². The van der Waals surface area contributed by atoms with Gasteiger partial charge >= 0.3 is 19.2 Å². The van der Waals surface area contributed by atoms with E-state index in [0.29, 0.717) is 0 Å². The zero-order chi connectivity index (χ0) is 15.5. The molecule has 0 saturated carbocycles. The highest BCUT2D eigenvalue weighted by Crippen LogP contribution is 2.52. The van der Waals surface area contributed by atoms with Crippen LogP contribution in [0, 0.1) is 27.2 Å². The fraction of sp³-hybridized carbons (Fsp3) is 0.333. The number of aryl methyl sites for hydroxylation is 1. The zero-order valence-corrected chi connectivity index (χ0v) is 11.7. The largest absolute Gasteiger partial charge is 0.530 e. The summed E-state index contributed by atoms with van der Waals surface area (Å²) in [5.74, 6) is -0.780. The predicted molar refractivity (Wildman–Crippen MR) is 66.7 cm³/mol. The maximum atomic E-state index is 11.8. The average molecular weight is 306 g/mol. The SMILES string of the molecule is COP(=O)(OC)Oc1c([N+](=O)[O-])cc(C)cc1[N+](=O)[O-]. The summed E-state index contributed by atoms with van der Waals surface area (Å²) in [7, 11) is -2.20. The Labute approximate surface area is 113 Å². The molecule has 0 aliphatic rings. The van der Waals surface area contributed by atoms with Gasteiger partial charge in [-0.2, -0.15) is 0 Å². The van der Waals surface area contributed by atoms with Gasteiger partial charge in [-0.1, -0.05) is 0 Å². The molecule has 0 fully saturated rings. The van der Waals surface area contributed by atoms with Crippen LogP contribution in [0.2, 0.25) is 0 Å². The van der Waals surface area contributed by atoms with Gasteiger partial charge in [-0.05, 0) is 12.5 Å². The van der Waals surface area contributed by atoms with E-state index in [9.17, 15) is 24.8 Å². The molecule has 20 heavy (non-hydrogen) atoms. The molecule has 0 unspecified atom stereocenters. The van der Waals surface area contributed by atoms with Crippen molar-refractivity contribution < 1.29 is 28.0 Å². The van der Waals surface area contributed by atoms with E-state index in [1.807, 2.05) is 0 Å². The number of rotatable bonds is 6. The molecular weight excluding hydrogens is 295 g/mol. The van der Waals surface area contributed by atoms with Gasteiger partial charge in [0.2, 0.25) is 0 Å². The molecule has 110 valence electrons. The second kappa shape index (κ2) is 5.95. The molecular formula is C9H11N2O8P. The molecule has 0 aromatic heterocycles. The molecule has 0 bridgehead atoms. The quantitative estimate of drug-likeness (QED) is 0.445. The molecule has 11 heteroatoms. The van der Waals surface area contributed by atoms with Crippen LogP contribution in [-0.2, 0) is 13.6 Å². The number of phosphoric acid groups is 1. The Bertz CT molecular complexity index is 559. The average Bonchev–Trinajstić information content (AvgIpc) is 2.39. The first-order chi connectivity index (χ1) is 9.24. The third-order valence-corrected chi connectivity index (χ3v) is 3.54. The van der Waals surface area contributed by atoms with Crippen LogP contribution in [0.1, 0.15) is 5.56 Å². The third kappa shape index (κ3) is 3.29. The number of hydrogen-bond acceptors (Lipinski definition) is 8. The number of hydrogen-bond donors (Lipinski definition) is 0. The first kappa shape index (κ1) is 16.0. The minimum absolute atomic E-state index is 0.278. The van der Waals surface area contributed by atoms with Crippen LogP contribution in [0.4, 0.5) is 11.4 Å². The molecule has 0 aliphatic heterocycles. The van der Waals surface area contributed by atoms with Crippen molar-refractivity contribution in [1.82, 2.24) is 0 Å². The van der Waals surface area contributed by atoms with Crippen molar-refractivity contribution in [2.24, 2.45) is 0 Å². The van der Waals surface area contributed by atoms with Crippen LogP contribution in [-0.4, -0.2) is 24.1 Å². The Kier molecular flexibility index (Phi) is 4.77. The van der Waals surface area contributed by atoms with Crippen LogP contribution >= 0.6 is 7.82 Å². The topological polar surface area (TPSA) is 131 Å². The molecule has 0 atom stereocenters. The molecule has 0 aliphatic carbocycles. The Balaban J connectivity index is 3.52. The normalized spacial score (nSPS) is 11.2. The number of nitrogens with zero attached hydrogens (tertiary/aromatic N) is 2. The highest BCUT2D eigenvalue weighted by molar-refractivity contribution is 7.48. The summed E-state index contributed by atoms with van der Waals surface area (Å²) < 4.78 is 25.5. The molecule has 0 saturated heterocycles. The van der Waals surface area contributed by atoms with Crippen LogP contribution < -0.4 is 4.52 Å². The second-order valence-electron chi connectivity index (χ2n) is 3.55. The third-order valence-electron chi connectivity index (χ3n) is 2.24. The molecule has 1 rings (SSSR count). The molecule has 10 nitrogen and oxygen atoms in total. The van der Waals surface area contributed by atoms with E-state index in [1.54, 1.807) is 0 Å². The van der Waals surface area contributed by atoms with E-state index < -0.39 is 34.8 Å². The van der Waals surface area contributed by atoms with Crippen LogP contribution in [0.25, 0.3) is 0 Å². The minimum atomic E-state index is -4.16. The monoisotopic (exact) mass is 306 g/mol. The molecule has 1 aromatic carbocycles. The van der Waals surface area contributed by atoms with Crippen molar-refractivity contribution in [3.8, 4) is 5.75 Å². The maximum absolute atomic E-state index is 11.8. The molecule has 0 N–H and O–H groups in total. The first-order valence-electron chi connectivity index (χ1n) is 5.08. The van der Waals surface area contributed by atoms with E-state index >= 15 is 0 Å². The van der Waals surface area contributed by atoms with Crippen LogP contribution in [0.3, 0.4) is 0 Å². The van der Waals surface area contributed by atoms with E-state index in [1.165, 1.54) is 6.92 Å². The summed E-state index contributed by atoms with van der Waals surface area (Å²) in [6.45, 7) is 1.44. The Morgan fingerprint density at radius 1 is 1.05 bits per heavy atom. The molecule has 0 amide bonds. The minimum Gasteiger partial charge on any atom is -0.389 e. The van der Waals surface area contributed by atoms with Gasteiger partial charge in [0.25, 0.3) is 5.75 Å². The van der Waals surface area contributed by atoms with Gasteiger partial charge in [0.15, 0.2) is 0 Å². The van der Waals surface area contributed by atoms with Gasteiger partial charge in [-0.25, -0.2) is 4.57 Å². The van der Waals surface area contributed by atoms with Gasteiger partial charge in [0.05, 0.1) is 9.85 Å². The molecule has 1 aromatic rings. The summed E-state index contributed by atoms with van der Waals surface area (Å²) in [5.41, 5.74) is -1.13. The fourth-order valence-electron chi connectivity index (χ4n) is 1.36. The second-order valence-corrected chi connectivity index (χ2v) is 5.36. The summed E-state index contributed by atoms with van der Waals surface area (Å²) in [6, 6.07) is 2.11. The lowest BCUT2D eigenvalue weighted by molar-refractivity contribution is -0.395. The fourth-order valence-corrected chi connectivity index (χ4v) is 2.07. The van der Waals surface area contributed by atoms with Gasteiger partial charge in [-0.3, -0.25) is 29.3 Å². The highest BCUT2D eigenvalue weighted by atomic mass is 31.2. The lowest BCUT2D eigenvalue weighted by atomic mass is 10.2.